The molecule has 3 aliphatic rings. The highest BCUT2D eigenvalue weighted by molar-refractivity contribution is 5.38. The largest absolute Gasteiger partial charge is 0.507 e. The van der Waals surface area contributed by atoms with Crippen molar-refractivity contribution in [3.63, 3.8) is 0 Å². The van der Waals surface area contributed by atoms with Gasteiger partial charge in [-0.1, -0.05) is 19.8 Å². The molecule has 1 N–H and O–H groups in total. The molecule has 4 rings (SSSR count). The van der Waals surface area contributed by atoms with Gasteiger partial charge in [-0.15, -0.1) is 0 Å². The summed E-state index contributed by atoms with van der Waals surface area (Å²) in [4.78, 5) is 13.0. The third-order valence-electron chi connectivity index (χ3n) is 6.26. The Kier molecular flexibility index (Phi) is 5.06. The lowest BCUT2D eigenvalue weighted by molar-refractivity contribution is 0.00447. The van der Waals surface area contributed by atoms with Crippen molar-refractivity contribution in [2.24, 2.45) is 5.92 Å². The fourth-order valence-electron chi connectivity index (χ4n) is 4.62. The lowest BCUT2D eigenvalue weighted by Crippen LogP contribution is -2.32. The van der Waals surface area contributed by atoms with E-state index in [1.54, 1.807) is 6.07 Å². The zero-order valence-electron chi connectivity index (χ0n) is 16.3. The molecule has 5 heteroatoms. The second kappa shape index (κ2) is 7.34. The van der Waals surface area contributed by atoms with Gasteiger partial charge in [0.25, 0.3) is 0 Å². The predicted molar refractivity (Wildman–Crippen MR) is 102 cm³/mol. The van der Waals surface area contributed by atoms with E-state index in [2.05, 4.69) is 6.92 Å². The van der Waals surface area contributed by atoms with Crippen LogP contribution in [0.2, 0.25) is 0 Å². The summed E-state index contributed by atoms with van der Waals surface area (Å²) in [5.41, 5.74) is -0.942. The van der Waals surface area contributed by atoms with Crippen molar-refractivity contribution >= 4 is 0 Å². The van der Waals surface area contributed by atoms with Crippen molar-refractivity contribution in [2.75, 3.05) is 6.61 Å². The molecule has 1 saturated heterocycles. The highest BCUT2D eigenvalue weighted by Gasteiger charge is 2.46. The van der Waals surface area contributed by atoms with Gasteiger partial charge < -0.3 is 19.0 Å². The third-order valence-corrected chi connectivity index (χ3v) is 6.26. The Balaban J connectivity index is 1.63. The van der Waals surface area contributed by atoms with E-state index in [1.807, 2.05) is 13.0 Å². The van der Waals surface area contributed by atoms with E-state index in [9.17, 15) is 9.90 Å². The number of hydrogen-bond acceptors (Lipinski definition) is 5. The molecule has 0 amide bonds. The lowest BCUT2D eigenvalue weighted by atomic mass is 9.85. The molecule has 2 fully saturated rings. The van der Waals surface area contributed by atoms with Crippen LogP contribution < -0.4 is 5.63 Å². The Labute approximate surface area is 160 Å². The monoisotopic (exact) mass is 374 g/mol. The van der Waals surface area contributed by atoms with Gasteiger partial charge in [0.05, 0.1) is 11.9 Å². The molecule has 0 spiro atoms. The van der Waals surface area contributed by atoms with Crippen molar-refractivity contribution < 1.29 is 19.0 Å². The summed E-state index contributed by atoms with van der Waals surface area (Å²) < 4.78 is 17.6. The van der Waals surface area contributed by atoms with Crippen molar-refractivity contribution in [1.29, 1.82) is 0 Å². The van der Waals surface area contributed by atoms with Crippen molar-refractivity contribution in [1.82, 2.24) is 0 Å². The molecule has 0 radical (unpaired) electrons. The fraction of sp³-hybridized carbons (Fsp3) is 0.682. The molecule has 0 aromatic carbocycles. The predicted octanol–water partition coefficient (Wildman–Crippen LogP) is 4.73. The molecule has 3 atom stereocenters. The van der Waals surface area contributed by atoms with E-state index in [0.717, 1.165) is 57.3 Å². The van der Waals surface area contributed by atoms with Crippen LogP contribution in [0.1, 0.15) is 82.5 Å². The number of ether oxygens (including phenoxy) is 2. The summed E-state index contributed by atoms with van der Waals surface area (Å²) in [6, 6.07) is 1.64. The molecular weight excluding hydrogens is 344 g/mol. The minimum absolute atomic E-state index is 0.00999. The van der Waals surface area contributed by atoms with Gasteiger partial charge in [-0.05, 0) is 51.0 Å². The van der Waals surface area contributed by atoms with Gasteiger partial charge >= 0.3 is 5.63 Å². The van der Waals surface area contributed by atoms with Gasteiger partial charge in [0.2, 0.25) is 0 Å². The topological polar surface area (TPSA) is 68.9 Å². The number of rotatable bonds is 7. The minimum atomic E-state index is -0.773. The average Bonchev–Trinajstić information content (AvgIpc) is 3.13. The Morgan fingerprint density at radius 1 is 1.33 bits per heavy atom. The first-order chi connectivity index (χ1) is 13.0. The third kappa shape index (κ3) is 3.79. The maximum Gasteiger partial charge on any atom is 0.347 e. The maximum absolute atomic E-state index is 13.0. The molecule has 3 heterocycles. The van der Waals surface area contributed by atoms with Crippen LogP contribution in [0.4, 0.5) is 0 Å². The first-order valence-corrected chi connectivity index (χ1v) is 10.4. The van der Waals surface area contributed by atoms with E-state index in [1.165, 1.54) is 0 Å². The zero-order valence-corrected chi connectivity index (χ0v) is 16.3. The number of hydrogen-bond donors (Lipinski definition) is 1. The van der Waals surface area contributed by atoms with Crippen molar-refractivity contribution in [3.05, 3.63) is 39.6 Å². The Morgan fingerprint density at radius 2 is 2.15 bits per heavy atom. The van der Waals surface area contributed by atoms with Gasteiger partial charge in [-0.25, -0.2) is 4.79 Å². The van der Waals surface area contributed by atoms with E-state index >= 15 is 0 Å². The molecule has 1 aliphatic carbocycles. The average molecular weight is 374 g/mol. The quantitative estimate of drug-likeness (QED) is 0.747. The van der Waals surface area contributed by atoms with E-state index in [4.69, 9.17) is 13.9 Å². The normalized spacial score (nSPS) is 28.8. The number of aromatic hydroxyl groups is 1. The molecule has 2 aliphatic heterocycles. The van der Waals surface area contributed by atoms with Crippen molar-refractivity contribution in [3.8, 4) is 5.75 Å². The van der Waals surface area contributed by atoms with Crippen LogP contribution in [0.15, 0.2) is 27.1 Å². The lowest BCUT2D eigenvalue weighted by Gasteiger charge is -2.30. The van der Waals surface area contributed by atoms with Crippen LogP contribution in [0.5, 0.6) is 5.75 Å². The highest BCUT2D eigenvalue weighted by atomic mass is 16.5. The minimum Gasteiger partial charge on any atom is -0.507 e. The molecule has 1 saturated carbocycles. The van der Waals surface area contributed by atoms with Crippen LogP contribution in [-0.4, -0.2) is 17.8 Å². The summed E-state index contributed by atoms with van der Waals surface area (Å²) in [6.45, 7) is 4.78. The summed E-state index contributed by atoms with van der Waals surface area (Å²) >= 11 is 0. The first-order valence-electron chi connectivity index (χ1n) is 10.4. The SMILES string of the molecule is CCC(CC1CCCO1)c1cc(O)c(C2(CC3CC3)CC=C(C)O2)c(=O)o1. The summed E-state index contributed by atoms with van der Waals surface area (Å²) in [6.07, 6.45) is 9.70. The maximum atomic E-state index is 13.0. The second-order valence-corrected chi connectivity index (χ2v) is 8.44. The molecule has 148 valence electrons. The highest BCUT2D eigenvalue weighted by Crippen LogP contribution is 2.49. The zero-order chi connectivity index (χ0) is 19.0. The molecule has 5 nitrogen and oxygen atoms in total. The first kappa shape index (κ1) is 18.6. The summed E-state index contributed by atoms with van der Waals surface area (Å²) in [7, 11) is 0. The van der Waals surface area contributed by atoms with Crippen LogP contribution in [0.3, 0.4) is 0 Å². The van der Waals surface area contributed by atoms with E-state index in [-0.39, 0.29) is 17.8 Å². The second-order valence-electron chi connectivity index (χ2n) is 8.44. The van der Waals surface area contributed by atoms with Gasteiger partial charge in [0.1, 0.15) is 22.7 Å². The van der Waals surface area contributed by atoms with Gasteiger partial charge in [0.15, 0.2) is 0 Å². The van der Waals surface area contributed by atoms with E-state index < -0.39 is 11.2 Å². The molecular formula is C22H30O5. The smallest absolute Gasteiger partial charge is 0.347 e. The van der Waals surface area contributed by atoms with Gasteiger partial charge in [0, 0.05) is 25.0 Å². The Morgan fingerprint density at radius 3 is 2.70 bits per heavy atom. The Hall–Kier alpha value is -1.75. The molecule has 1 aromatic rings. The van der Waals surface area contributed by atoms with E-state index in [0.29, 0.717) is 23.7 Å². The standard InChI is InChI=1S/C22H30O5/c1-3-16(11-17-5-4-10-25-17)19-12-18(23)20(21(24)26-19)22(13-15-6-7-15)9-8-14(2)27-22/h8,12,15-17,23H,3-7,9-11,13H2,1-2H3. The Bertz CT molecular complexity index is 769. The van der Waals surface area contributed by atoms with Crippen LogP contribution in [0.25, 0.3) is 0 Å². The summed E-state index contributed by atoms with van der Waals surface area (Å²) in [5, 5.41) is 10.8. The molecule has 1 aromatic heterocycles. The summed E-state index contributed by atoms with van der Waals surface area (Å²) in [5.74, 6) is 2.01. The molecule has 3 unspecified atom stereocenters. The molecule has 0 bridgehead atoms. The fourth-order valence-corrected chi connectivity index (χ4v) is 4.62. The van der Waals surface area contributed by atoms with Gasteiger partial charge in [-0.2, -0.15) is 0 Å². The number of allylic oxidation sites excluding steroid dienone is 1. The van der Waals surface area contributed by atoms with Crippen LogP contribution >= 0.6 is 0 Å². The van der Waals surface area contributed by atoms with Crippen molar-refractivity contribution in [2.45, 2.75) is 82.8 Å². The molecule has 27 heavy (non-hydrogen) atoms. The van der Waals surface area contributed by atoms with Gasteiger partial charge in [-0.3, -0.25) is 0 Å². The van der Waals surface area contributed by atoms with Crippen LogP contribution in [0, 0.1) is 5.92 Å². The van der Waals surface area contributed by atoms with Crippen LogP contribution in [-0.2, 0) is 15.1 Å².